The number of halogens is 1. The van der Waals surface area contributed by atoms with Gasteiger partial charge < -0.3 is 4.42 Å². The van der Waals surface area contributed by atoms with Crippen LogP contribution in [-0.4, -0.2) is 15.0 Å². The van der Waals surface area contributed by atoms with Crippen molar-refractivity contribution in [1.29, 1.82) is 0 Å². The summed E-state index contributed by atoms with van der Waals surface area (Å²) < 4.78 is 20.9. The van der Waals surface area contributed by atoms with Gasteiger partial charge in [-0.15, -0.1) is 0 Å². The third-order valence-electron chi connectivity index (χ3n) is 5.42. The zero-order chi connectivity index (χ0) is 21.5. The van der Waals surface area contributed by atoms with Crippen molar-refractivity contribution in [2.45, 2.75) is 0 Å². The predicted octanol–water partition coefficient (Wildman–Crippen LogP) is 6.91. The summed E-state index contributed by atoms with van der Waals surface area (Å²) in [5.41, 5.74) is 3.41. The van der Waals surface area contributed by atoms with Crippen LogP contribution in [0.25, 0.3) is 56.1 Å². The molecule has 0 aliphatic heterocycles. The normalized spacial score (nSPS) is 11.3. The summed E-state index contributed by atoms with van der Waals surface area (Å²) in [6.45, 7) is 0. The van der Waals surface area contributed by atoms with Crippen molar-refractivity contribution in [2.75, 3.05) is 0 Å². The Kier molecular flexibility index (Phi) is 4.25. The molecule has 0 atom stereocenters. The summed E-state index contributed by atoms with van der Waals surface area (Å²) in [7, 11) is 0. The standard InChI is InChI=1S/C27H16FN3O/c28-21-16-15-20(24-23(21)19-13-7-8-14-22(19)32-24)27-30-25(17-9-3-1-4-10-17)29-26(31-27)18-11-5-2-6-12-18/h1-16H. The molecule has 0 saturated carbocycles. The fourth-order valence-electron chi connectivity index (χ4n) is 3.89. The number of hydrogen-bond acceptors (Lipinski definition) is 4. The van der Waals surface area contributed by atoms with Gasteiger partial charge in [-0.1, -0.05) is 78.9 Å². The molecule has 0 radical (unpaired) electrons. The van der Waals surface area contributed by atoms with Crippen molar-refractivity contribution >= 4 is 21.9 Å². The number of aromatic nitrogens is 3. The molecule has 0 N–H and O–H groups in total. The van der Waals surface area contributed by atoms with Crippen LogP contribution in [0.3, 0.4) is 0 Å². The molecular weight excluding hydrogens is 401 g/mol. The lowest BCUT2D eigenvalue weighted by Gasteiger charge is -2.08. The minimum atomic E-state index is -0.339. The summed E-state index contributed by atoms with van der Waals surface area (Å²) in [5.74, 6) is 1.18. The maximum atomic E-state index is 14.8. The Morgan fingerprint density at radius 3 is 1.78 bits per heavy atom. The molecule has 0 amide bonds. The molecule has 6 rings (SSSR count). The molecule has 0 spiro atoms. The maximum absolute atomic E-state index is 14.8. The quantitative estimate of drug-likeness (QED) is 0.314. The number of benzene rings is 4. The van der Waals surface area contributed by atoms with E-state index in [1.165, 1.54) is 6.07 Å². The minimum Gasteiger partial charge on any atom is -0.455 e. The van der Waals surface area contributed by atoms with E-state index >= 15 is 0 Å². The number of rotatable bonds is 3. The van der Waals surface area contributed by atoms with Crippen LogP contribution in [0, 0.1) is 5.82 Å². The van der Waals surface area contributed by atoms with E-state index in [1.807, 2.05) is 84.9 Å². The Balaban J connectivity index is 1.65. The smallest absolute Gasteiger partial charge is 0.167 e. The van der Waals surface area contributed by atoms with Gasteiger partial charge in [-0.25, -0.2) is 19.3 Å². The van der Waals surface area contributed by atoms with Crippen LogP contribution in [0.15, 0.2) is 101 Å². The van der Waals surface area contributed by atoms with Crippen molar-refractivity contribution in [1.82, 2.24) is 15.0 Å². The molecule has 152 valence electrons. The monoisotopic (exact) mass is 417 g/mol. The zero-order valence-corrected chi connectivity index (χ0v) is 16.9. The molecule has 0 aliphatic rings. The van der Waals surface area contributed by atoms with Gasteiger partial charge in [0.15, 0.2) is 17.5 Å². The molecule has 4 aromatic carbocycles. The van der Waals surface area contributed by atoms with Crippen molar-refractivity contribution in [2.24, 2.45) is 0 Å². The van der Waals surface area contributed by atoms with Gasteiger partial charge in [0.2, 0.25) is 0 Å². The van der Waals surface area contributed by atoms with Crippen molar-refractivity contribution < 1.29 is 8.81 Å². The van der Waals surface area contributed by atoms with E-state index in [0.29, 0.717) is 39.6 Å². The molecule has 4 nitrogen and oxygen atoms in total. The Hall–Kier alpha value is -4.38. The highest BCUT2D eigenvalue weighted by Gasteiger charge is 2.19. The number of nitrogens with zero attached hydrogens (tertiary/aromatic N) is 3. The molecule has 0 aliphatic carbocycles. The van der Waals surface area contributed by atoms with Crippen LogP contribution in [-0.2, 0) is 0 Å². The van der Waals surface area contributed by atoms with E-state index in [9.17, 15) is 4.39 Å². The average Bonchev–Trinajstić information content (AvgIpc) is 3.25. The molecule has 0 fully saturated rings. The van der Waals surface area contributed by atoms with Gasteiger partial charge in [0.1, 0.15) is 17.0 Å². The fraction of sp³-hybridized carbons (Fsp3) is 0. The van der Waals surface area contributed by atoms with Crippen molar-refractivity contribution in [3.63, 3.8) is 0 Å². The summed E-state index contributed by atoms with van der Waals surface area (Å²) >= 11 is 0. The highest BCUT2D eigenvalue weighted by atomic mass is 19.1. The van der Waals surface area contributed by atoms with Crippen LogP contribution in [0.1, 0.15) is 0 Å². The predicted molar refractivity (Wildman–Crippen MR) is 123 cm³/mol. The number of furan rings is 1. The second-order valence-electron chi connectivity index (χ2n) is 7.44. The summed E-state index contributed by atoms with van der Waals surface area (Å²) in [4.78, 5) is 14.2. The molecule has 5 heteroatoms. The van der Waals surface area contributed by atoms with E-state index in [-0.39, 0.29) is 5.82 Å². The van der Waals surface area contributed by atoms with E-state index in [0.717, 1.165) is 16.5 Å². The number of hydrogen-bond donors (Lipinski definition) is 0. The third kappa shape index (κ3) is 3.03. The van der Waals surface area contributed by atoms with Crippen LogP contribution in [0.5, 0.6) is 0 Å². The number of para-hydroxylation sites is 1. The van der Waals surface area contributed by atoms with Gasteiger partial charge in [0.05, 0.1) is 10.9 Å². The Morgan fingerprint density at radius 2 is 1.12 bits per heavy atom. The van der Waals surface area contributed by atoms with Gasteiger partial charge in [-0.05, 0) is 18.2 Å². The third-order valence-corrected chi connectivity index (χ3v) is 5.42. The van der Waals surface area contributed by atoms with Crippen LogP contribution in [0.4, 0.5) is 4.39 Å². The van der Waals surface area contributed by atoms with Crippen molar-refractivity contribution in [3.05, 3.63) is 103 Å². The van der Waals surface area contributed by atoms with Crippen molar-refractivity contribution in [3.8, 4) is 34.2 Å². The van der Waals surface area contributed by atoms with Gasteiger partial charge >= 0.3 is 0 Å². The van der Waals surface area contributed by atoms with Crippen LogP contribution < -0.4 is 0 Å². The minimum absolute atomic E-state index is 0.339. The molecule has 0 bridgehead atoms. The molecule has 6 aromatic rings. The topological polar surface area (TPSA) is 51.8 Å². The first kappa shape index (κ1) is 18.4. The van der Waals surface area contributed by atoms with Crippen LogP contribution in [0.2, 0.25) is 0 Å². The average molecular weight is 417 g/mol. The summed E-state index contributed by atoms with van der Waals surface area (Å²) in [6, 6.07) is 30.0. The van der Waals surface area contributed by atoms with Gasteiger partial charge in [-0.2, -0.15) is 0 Å². The Morgan fingerprint density at radius 1 is 0.562 bits per heavy atom. The highest BCUT2D eigenvalue weighted by Crippen LogP contribution is 2.37. The Bertz CT molecular complexity index is 1520. The maximum Gasteiger partial charge on any atom is 0.167 e. The first-order valence-corrected chi connectivity index (χ1v) is 10.2. The lowest BCUT2D eigenvalue weighted by Crippen LogP contribution is -2.00. The van der Waals surface area contributed by atoms with Gasteiger partial charge in [-0.3, -0.25) is 0 Å². The fourth-order valence-corrected chi connectivity index (χ4v) is 3.89. The van der Waals surface area contributed by atoms with E-state index in [1.54, 1.807) is 6.07 Å². The zero-order valence-electron chi connectivity index (χ0n) is 16.9. The second-order valence-corrected chi connectivity index (χ2v) is 7.44. The lowest BCUT2D eigenvalue weighted by molar-refractivity contribution is 0.634. The largest absolute Gasteiger partial charge is 0.455 e. The Labute approximate surface area is 183 Å². The SMILES string of the molecule is Fc1ccc(-c2nc(-c3ccccc3)nc(-c3ccccc3)n2)c2oc3ccccc3c12. The first-order valence-electron chi connectivity index (χ1n) is 10.2. The molecular formula is C27H16FN3O. The van der Waals surface area contributed by atoms with E-state index < -0.39 is 0 Å². The van der Waals surface area contributed by atoms with E-state index in [4.69, 9.17) is 19.4 Å². The van der Waals surface area contributed by atoms with Gasteiger partial charge in [0, 0.05) is 16.5 Å². The summed E-state index contributed by atoms with van der Waals surface area (Å²) in [5, 5.41) is 1.16. The highest BCUT2D eigenvalue weighted by molar-refractivity contribution is 6.09. The molecule has 0 saturated heterocycles. The first-order chi connectivity index (χ1) is 15.8. The second kappa shape index (κ2) is 7.39. The molecule has 2 aromatic heterocycles. The van der Waals surface area contributed by atoms with E-state index in [2.05, 4.69) is 0 Å². The molecule has 32 heavy (non-hydrogen) atoms. The van der Waals surface area contributed by atoms with Gasteiger partial charge in [0.25, 0.3) is 0 Å². The molecule has 2 heterocycles. The summed E-state index contributed by atoms with van der Waals surface area (Å²) in [6.07, 6.45) is 0. The van der Waals surface area contributed by atoms with Crippen LogP contribution >= 0.6 is 0 Å². The number of fused-ring (bicyclic) bond motifs is 3. The molecule has 0 unspecified atom stereocenters. The lowest BCUT2D eigenvalue weighted by atomic mass is 10.1.